The minimum absolute atomic E-state index is 0.144. The zero-order chi connectivity index (χ0) is 11.0. The van der Waals surface area contributed by atoms with Gasteiger partial charge in [0.1, 0.15) is 6.04 Å². The van der Waals surface area contributed by atoms with Gasteiger partial charge in [-0.05, 0) is 12.1 Å². The van der Waals surface area contributed by atoms with E-state index in [1.165, 1.54) is 11.3 Å². The number of thiophene rings is 1. The van der Waals surface area contributed by atoms with Crippen molar-refractivity contribution in [3.8, 4) is 0 Å². The van der Waals surface area contributed by atoms with Crippen LogP contribution in [0, 0.1) is 5.13 Å². The second kappa shape index (κ2) is 3.72. The number of nitrogens with one attached hydrogen (secondary N) is 1. The molecule has 0 fully saturated rings. The van der Waals surface area contributed by atoms with Gasteiger partial charge in [0.2, 0.25) is 0 Å². The lowest BCUT2D eigenvalue weighted by molar-refractivity contribution is 0.633. The fourth-order valence-electron chi connectivity index (χ4n) is 1.84. The molecule has 0 spiro atoms. The zero-order valence-corrected chi connectivity index (χ0v) is 9.17. The monoisotopic (exact) mass is 232 g/mol. The van der Waals surface area contributed by atoms with Crippen molar-refractivity contribution < 1.29 is 4.39 Å². The van der Waals surface area contributed by atoms with E-state index in [-0.39, 0.29) is 11.2 Å². The average Bonchev–Trinajstić information content (AvgIpc) is 2.66. The van der Waals surface area contributed by atoms with Crippen molar-refractivity contribution in [1.29, 1.82) is 0 Å². The van der Waals surface area contributed by atoms with Gasteiger partial charge in [0.05, 0.1) is 6.34 Å². The van der Waals surface area contributed by atoms with Crippen LogP contribution in [0.3, 0.4) is 0 Å². The van der Waals surface area contributed by atoms with E-state index in [2.05, 4.69) is 10.3 Å². The molecular weight excluding hydrogens is 223 g/mol. The second-order valence-corrected chi connectivity index (χ2v) is 4.54. The normalized spacial score (nSPS) is 18.9. The Labute approximate surface area is 96.1 Å². The number of hydrogen-bond donors (Lipinski definition) is 1. The molecule has 3 rings (SSSR count). The highest BCUT2D eigenvalue weighted by molar-refractivity contribution is 7.17. The molecule has 80 valence electrons. The quantitative estimate of drug-likeness (QED) is 0.802. The number of rotatable bonds is 1. The third-order valence-electron chi connectivity index (χ3n) is 2.57. The maximum Gasteiger partial charge on any atom is 0.183 e. The number of fused-ring (bicyclic) bond motifs is 1. The summed E-state index contributed by atoms with van der Waals surface area (Å²) in [5, 5.41) is 3.67. The van der Waals surface area contributed by atoms with E-state index < -0.39 is 0 Å². The minimum Gasteiger partial charge on any atom is -0.353 e. The van der Waals surface area contributed by atoms with Crippen molar-refractivity contribution in [2.45, 2.75) is 6.04 Å². The summed E-state index contributed by atoms with van der Waals surface area (Å²) in [7, 11) is 0. The number of aliphatic imine (C=N–C) groups is 1. The minimum atomic E-state index is -0.211. The second-order valence-electron chi connectivity index (χ2n) is 3.53. The molecule has 2 heterocycles. The predicted molar refractivity (Wildman–Crippen MR) is 65.3 cm³/mol. The van der Waals surface area contributed by atoms with Gasteiger partial charge in [-0.2, -0.15) is 4.39 Å². The zero-order valence-electron chi connectivity index (χ0n) is 8.35. The number of halogens is 1. The van der Waals surface area contributed by atoms with Crippen molar-refractivity contribution in [3.63, 3.8) is 0 Å². The van der Waals surface area contributed by atoms with E-state index in [0.717, 1.165) is 10.1 Å². The molecule has 0 radical (unpaired) electrons. The summed E-state index contributed by atoms with van der Waals surface area (Å²) < 4.78 is 14.8. The van der Waals surface area contributed by atoms with E-state index in [0.29, 0.717) is 5.56 Å². The summed E-state index contributed by atoms with van der Waals surface area (Å²) in [5.41, 5.74) is 0.676. The summed E-state index contributed by atoms with van der Waals surface area (Å²) in [6.07, 6.45) is 5.23. The van der Waals surface area contributed by atoms with Gasteiger partial charge in [-0.15, -0.1) is 11.3 Å². The third-order valence-corrected chi connectivity index (χ3v) is 3.54. The van der Waals surface area contributed by atoms with Crippen molar-refractivity contribution >= 4 is 27.8 Å². The lowest BCUT2D eigenvalue weighted by Gasteiger charge is -2.10. The van der Waals surface area contributed by atoms with Crippen molar-refractivity contribution in [2.24, 2.45) is 4.99 Å². The third kappa shape index (κ3) is 1.42. The summed E-state index contributed by atoms with van der Waals surface area (Å²) in [5.74, 6) is 0. The molecule has 0 bridgehead atoms. The Bertz CT molecular complexity index is 574. The van der Waals surface area contributed by atoms with Crippen LogP contribution in [0.15, 0.2) is 41.5 Å². The number of benzene rings is 1. The highest BCUT2D eigenvalue weighted by Crippen LogP contribution is 2.36. The first-order valence-electron chi connectivity index (χ1n) is 4.97. The average molecular weight is 232 g/mol. The van der Waals surface area contributed by atoms with Gasteiger partial charge >= 0.3 is 0 Å². The van der Waals surface area contributed by atoms with Crippen LogP contribution in [0.2, 0.25) is 0 Å². The summed E-state index contributed by atoms with van der Waals surface area (Å²) in [6.45, 7) is 0. The van der Waals surface area contributed by atoms with Gasteiger partial charge in [-0.25, -0.2) is 0 Å². The highest BCUT2D eigenvalue weighted by atomic mass is 32.1. The summed E-state index contributed by atoms with van der Waals surface area (Å²) >= 11 is 1.18. The van der Waals surface area contributed by atoms with Crippen LogP contribution in [-0.2, 0) is 0 Å². The molecule has 1 aliphatic heterocycles. The molecule has 2 aromatic rings. The molecule has 0 aliphatic carbocycles. The molecule has 0 saturated carbocycles. The Morgan fingerprint density at radius 2 is 2.19 bits per heavy atom. The smallest absolute Gasteiger partial charge is 0.183 e. The van der Waals surface area contributed by atoms with E-state index in [1.54, 1.807) is 12.5 Å². The van der Waals surface area contributed by atoms with Gasteiger partial charge in [-0.3, -0.25) is 4.99 Å². The maximum absolute atomic E-state index is 13.9. The van der Waals surface area contributed by atoms with E-state index in [9.17, 15) is 4.39 Å². The standard InChI is InChI=1S/C12H9FN2S/c13-12-11(9-5-6-14-7-15-9)8-3-1-2-4-10(8)16-12/h1-7,9H,(H,14,15)/t9-/m0/s1. The molecule has 4 heteroatoms. The fourth-order valence-corrected chi connectivity index (χ4v) is 2.81. The number of hydrogen-bond acceptors (Lipinski definition) is 3. The van der Waals surface area contributed by atoms with Crippen LogP contribution in [0.25, 0.3) is 10.1 Å². The maximum atomic E-state index is 13.9. The number of nitrogens with zero attached hydrogens (tertiary/aromatic N) is 1. The highest BCUT2D eigenvalue weighted by Gasteiger charge is 2.19. The molecule has 1 aliphatic rings. The molecule has 2 nitrogen and oxygen atoms in total. The van der Waals surface area contributed by atoms with Gasteiger partial charge in [-0.1, -0.05) is 18.2 Å². The first-order valence-corrected chi connectivity index (χ1v) is 5.79. The van der Waals surface area contributed by atoms with E-state index >= 15 is 0 Å². The van der Waals surface area contributed by atoms with Crippen LogP contribution in [0.5, 0.6) is 0 Å². The Balaban J connectivity index is 2.21. The van der Waals surface area contributed by atoms with Gasteiger partial charge in [0, 0.05) is 21.8 Å². The molecule has 1 aromatic carbocycles. The van der Waals surface area contributed by atoms with E-state index in [4.69, 9.17) is 0 Å². The van der Waals surface area contributed by atoms with Gasteiger partial charge in [0.15, 0.2) is 5.13 Å². The van der Waals surface area contributed by atoms with Crippen molar-refractivity contribution in [3.05, 3.63) is 47.2 Å². The molecule has 1 N–H and O–H groups in total. The predicted octanol–water partition coefficient (Wildman–Crippen LogP) is 3.23. The lowest BCUT2D eigenvalue weighted by atomic mass is 10.1. The SMILES string of the molecule is Fc1sc2ccccc2c1[C@@H]1C=CNC=N1. The first-order chi connectivity index (χ1) is 7.86. The Morgan fingerprint density at radius 3 is 3.00 bits per heavy atom. The topological polar surface area (TPSA) is 24.4 Å². The Hall–Kier alpha value is -1.68. The molecule has 0 amide bonds. The van der Waals surface area contributed by atoms with Crippen molar-refractivity contribution in [1.82, 2.24) is 5.32 Å². The molecule has 1 atom stereocenters. The van der Waals surface area contributed by atoms with Crippen LogP contribution in [0.1, 0.15) is 11.6 Å². The lowest BCUT2D eigenvalue weighted by Crippen LogP contribution is -2.08. The fraction of sp³-hybridized carbons (Fsp3) is 0.0833. The molecule has 16 heavy (non-hydrogen) atoms. The van der Waals surface area contributed by atoms with Crippen LogP contribution in [-0.4, -0.2) is 6.34 Å². The summed E-state index contributed by atoms with van der Waals surface area (Å²) in [6, 6.07) is 7.50. The van der Waals surface area contributed by atoms with Gasteiger partial charge < -0.3 is 5.32 Å². The van der Waals surface area contributed by atoms with Crippen LogP contribution >= 0.6 is 11.3 Å². The van der Waals surface area contributed by atoms with E-state index in [1.807, 2.05) is 30.3 Å². The van der Waals surface area contributed by atoms with Crippen LogP contribution in [0.4, 0.5) is 4.39 Å². The largest absolute Gasteiger partial charge is 0.353 e. The molecule has 1 aromatic heterocycles. The molecule has 0 unspecified atom stereocenters. The molecular formula is C12H9FN2S. The van der Waals surface area contributed by atoms with Crippen LogP contribution < -0.4 is 5.32 Å². The van der Waals surface area contributed by atoms with Gasteiger partial charge in [0.25, 0.3) is 0 Å². The summed E-state index contributed by atoms with van der Waals surface area (Å²) in [4.78, 5) is 4.23. The molecule has 0 saturated heterocycles. The van der Waals surface area contributed by atoms with Crippen molar-refractivity contribution in [2.75, 3.05) is 0 Å². The Morgan fingerprint density at radius 1 is 1.31 bits per heavy atom. The first kappa shape index (κ1) is 9.54. The Kier molecular flexibility index (Phi) is 2.22.